The van der Waals surface area contributed by atoms with Crippen LogP contribution in [0.15, 0.2) is 29.3 Å². The van der Waals surface area contributed by atoms with Gasteiger partial charge in [0.1, 0.15) is 0 Å². The molecule has 22 heavy (non-hydrogen) atoms. The molecule has 1 N–H and O–H groups in total. The molecule has 1 fully saturated rings. The molecule has 0 amide bonds. The standard InChI is InChI=1S/C16H25ClN4O/c1-18-16(19-8-5-13-22-2)21-11-9-20(10-12-21)15-7-4-3-6-14(15)17/h3-4,6-7H,5,8-13H2,1-2H3,(H,18,19). The summed E-state index contributed by atoms with van der Waals surface area (Å²) in [6, 6.07) is 8.02. The van der Waals surface area contributed by atoms with Gasteiger partial charge in [0.25, 0.3) is 0 Å². The Labute approximate surface area is 137 Å². The number of ether oxygens (including phenoxy) is 1. The summed E-state index contributed by atoms with van der Waals surface area (Å²) in [5.74, 6) is 0.968. The molecule has 1 aliphatic rings. The van der Waals surface area contributed by atoms with Gasteiger partial charge >= 0.3 is 0 Å². The van der Waals surface area contributed by atoms with E-state index in [0.29, 0.717) is 0 Å². The van der Waals surface area contributed by atoms with Gasteiger partial charge in [-0.3, -0.25) is 4.99 Å². The number of para-hydroxylation sites is 1. The highest BCUT2D eigenvalue weighted by Crippen LogP contribution is 2.25. The molecule has 1 aromatic carbocycles. The molecule has 0 radical (unpaired) electrons. The fraction of sp³-hybridized carbons (Fsp3) is 0.562. The topological polar surface area (TPSA) is 40.1 Å². The maximum absolute atomic E-state index is 6.28. The molecule has 0 aromatic heterocycles. The van der Waals surface area contributed by atoms with Crippen LogP contribution in [0.4, 0.5) is 5.69 Å². The Morgan fingerprint density at radius 2 is 2.00 bits per heavy atom. The van der Waals surface area contributed by atoms with E-state index in [0.717, 1.165) is 62.4 Å². The first-order chi connectivity index (χ1) is 10.8. The van der Waals surface area contributed by atoms with Crippen LogP contribution in [0.25, 0.3) is 0 Å². The van der Waals surface area contributed by atoms with Crippen LogP contribution in [0.5, 0.6) is 0 Å². The van der Waals surface area contributed by atoms with Crippen LogP contribution in [-0.2, 0) is 4.74 Å². The van der Waals surface area contributed by atoms with E-state index in [2.05, 4.69) is 26.2 Å². The summed E-state index contributed by atoms with van der Waals surface area (Å²) in [5, 5.41) is 4.21. The monoisotopic (exact) mass is 324 g/mol. The van der Waals surface area contributed by atoms with Gasteiger partial charge in [0.15, 0.2) is 5.96 Å². The Hall–Kier alpha value is -1.46. The van der Waals surface area contributed by atoms with Crippen LogP contribution in [0.1, 0.15) is 6.42 Å². The third kappa shape index (κ3) is 4.52. The first kappa shape index (κ1) is 16.9. The fourth-order valence-electron chi connectivity index (χ4n) is 2.62. The predicted octanol–water partition coefficient (Wildman–Crippen LogP) is 2.07. The SMILES string of the molecule is CN=C(NCCCOC)N1CCN(c2ccccc2Cl)CC1. The van der Waals surface area contributed by atoms with Crippen molar-refractivity contribution in [3.05, 3.63) is 29.3 Å². The van der Waals surface area contributed by atoms with Crippen molar-refractivity contribution in [2.75, 3.05) is 58.4 Å². The quantitative estimate of drug-likeness (QED) is 0.511. The lowest BCUT2D eigenvalue weighted by molar-refractivity contribution is 0.195. The normalized spacial score (nSPS) is 16.0. The Kier molecular flexibility index (Phi) is 6.80. The fourth-order valence-corrected chi connectivity index (χ4v) is 2.87. The number of rotatable bonds is 5. The molecule has 0 spiro atoms. The number of nitrogens with zero attached hydrogens (tertiary/aromatic N) is 3. The molecule has 1 aliphatic heterocycles. The van der Waals surface area contributed by atoms with Crippen molar-refractivity contribution in [1.29, 1.82) is 0 Å². The zero-order valence-electron chi connectivity index (χ0n) is 13.4. The van der Waals surface area contributed by atoms with E-state index in [-0.39, 0.29) is 0 Å². The van der Waals surface area contributed by atoms with Gasteiger partial charge in [-0.15, -0.1) is 0 Å². The van der Waals surface area contributed by atoms with Crippen molar-refractivity contribution in [2.45, 2.75) is 6.42 Å². The molecule has 122 valence electrons. The number of hydrogen-bond acceptors (Lipinski definition) is 3. The van der Waals surface area contributed by atoms with E-state index < -0.39 is 0 Å². The number of piperazine rings is 1. The van der Waals surface area contributed by atoms with E-state index in [9.17, 15) is 0 Å². The van der Waals surface area contributed by atoms with Crippen molar-refractivity contribution in [3.8, 4) is 0 Å². The summed E-state index contributed by atoms with van der Waals surface area (Å²) in [5.41, 5.74) is 1.12. The van der Waals surface area contributed by atoms with Crippen molar-refractivity contribution >= 4 is 23.2 Å². The van der Waals surface area contributed by atoms with Crippen LogP contribution >= 0.6 is 11.6 Å². The maximum Gasteiger partial charge on any atom is 0.193 e. The zero-order valence-corrected chi connectivity index (χ0v) is 14.1. The van der Waals surface area contributed by atoms with Gasteiger partial charge in [-0.2, -0.15) is 0 Å². The number of anilines is 1. The number of hydrogen-bond donors (Lipinski definition) is 1. The minimum Gasteiger partial charge on any atom is -0.385 e. The molecule has 0 atom stereocenters. The highest BCUT2D eigenvalue weighted by Gasteiger charge is 2.20. The average Bonchev–Trinajstić information content (AvgIpc) is 2.56. The molecule has 0 saturated carbocycles. The van der Waals surface area contributed by atoms with E-state index >= 15 is 0 Å². The second-order valence-electron chi connectivity index (χ2n) is 5.25. The van der Waals surface area contributed by atoms with Gasteiger partial charge in [0.05, 0.1) is 10.7 Å². The van der Waals surface area contributed by atoms with Gasteiger partial charge in [0, 0.05) is 53.5 Å². The molecule has 0 bridgehead atoms. The van der Waals surface area contributed by atoms with Crippen molar-refractivity contribution in [1.82, 2.24) is 10.2 Å². The summed E-state index contributed by atoms with van der Waals surface area (Å²) in [7, 11) is 3.56. The lowest BCUT2D eigenvalue weighted by Gasteiger charge is -2.38. The average molecular weight is 325 g/mol. The number of aliphatic imine (C=N–C) groups is 1. The number of nitrogens with one attached hydrogen (secondary N) is 1. The Morgan fingerprint density at radius 1 is 1.27 bits per heavy atom. The van der Waals surface area contributed by atoms with E-state index in [1.54, 1.807) is 7.11 Å². The number of benzene rings is 1. The molecular weight excluding hydrogens is 300 g/mol. The zero-order chi connectivity index (χ0) is 15.8. The largest absolute Gasteiger partial charge is 0.385 e. The second kappa shape index (κ2) is 8.86. The Balaban J connectivity index is 1.84. The molecule has 2 rings (SSSR count). The first-order valence-corrected chi connectivity index (χ1v) is 8.08. The van der Waals surface area contributed by atoms with E-state index in [1.807, 2.05) is 25.2 Å². The van der Waals surface area contributed by atoms with Crippen molar-refractivity contribution < 1.29 is 4.74 Å². The van der Waals surface area contributed by atoms with Gasteiger partial charge in [0.2, 0.25) is 0 Å². The molecule has 1 aromatic rings. The highest BCUT2D eigenvalue weighted by atomic mass is 35.5. The van der Waals surface area contributed by atoms with Crippen LogP contribution < -0.4 is 10.2 Å². The van der Waals surface area contributed by atoms with Crippen LogP contribution in [0, 0.1) is 0 Å². The van der Waals surface area contributed by atoms with Crippen LogP contribution in [0.2, 0.25) is 5.02 Å². The van der Waals surface area contributed by atoms with Gasteiger partial charge in [-0.05, 0) is 18.6 Å². The van der Waals surface area contributed by atoms with Crippen LogP contribution in [0.3, 0.4) is 0 Å². The van der Waals surface area contributed by atoms with E-state index in [4.69, 9.17) is 16.3 Å². The molecule has 5 nitrogen and oxygen atoms in total. The van der Waals surface area contributed by atoms with Crippen molar-refractivity contribution in [3.63, 3.8) is 0 Å². The molecular formula is C16H25ClN4O. The summed E-state index contributed by atoms with van der Waals surface area (Å²) >= 11 is 6.28. The molecule has 1 saturated heterocycles. The minimum atomic E-state index is 0.768. The summed E-state index contributed by atoms with van der Waals surface area (Å²) < 4.78 is 5.06. The van der Waals surface area contributed by atoms with Gasteiger partial charge in [-0.1, -0.05) is 23.7 Å². The van der Waals surface area contributed by atoms with Gasteiger partial charge < -0.3 is 19.9 Å². The van der Waals surface area contributed by atoms with E-state index in [1.165, 1.54) is 0 Å². The number of halogens is 1. The summed E-state index contributed by atoms with van der Waals surface area (Å²) in [6.45, 7) is 5.42. The van der Waals surface area contributed by atoms with Crippen molar-refractivity contribution in [2.24, 2.45) is 4.99 Å². The lowest BCUT2D eigenvalue weighted by atomic mass is 10.2. The Morgan fingerprint density at radius 3 is 2.64 bits per heavy atom. The smallest absolute Gasteiger partial charge is 0.193 e. The minimum absolute atomic E-state index is 0.768. The molecule has 0 aliphatic carbocycles. The summed E-state index contributed by atoms with van der Waals surface area (Å²) in [6.07, 6.45) is 0.981. The molecule has 6 heteroatoms. The number of guanidine groups is 1. The molecule has 0 unspecified atom stereocenters. The Bertz CT molecular complexity index is 487. The highest BCUT2D eigenvalue weighted by molar-refractivity contribution is 6.33. The summed E-state index contributed by atoms with van der Waals surface area (Å²) in [4.78, 5) is 8.99. The third-order valence-corrected chi connectivity index (χ3v) is 4.11. The third-order valence-electron chi connectivity index (χ3n) is 3.79. The second-order valence-corrected chi connectivity index (χ2v) is 5.65. The predicted molar refractivity (Wildman–Crippen MR) is 93.1 cm³/mol. The number of methoxy groups -OCH3 is 1. The lowest BCUT2D eigenvalue weighted by Crippen LogP contribution is -2.52. The van der Waals surface area contributed by atoms with Crippen LogP contribution in [-0.4, -0.2) is 64.3 Å². The maximum atomic E-state index is 6.28. The first-order valence-electron chi connectivity index (χ1n) is 7.70. The van der Waals surface area contributed by atoms with Gasteiger partial charge in [-0.25, -0.2) is 0 Å². The molecule has 1 heterocycles.